The Hall–Kier alpha value is -7.72. The maximum atomic E-state index is 6.14. The summed E-state index contributed by atoms with van der Waals surface area (Å²) in [6.07, 6.45) is 0. The first kappa shape index (κ1) is 35.2. The predicted octanol–water partition coefficient (Wildman–Crippen LogP) is 17.2. The highest BCUT2D eigenvalue weighted by atomic mass is 32.1. The van der Waals surface area contributed by atoms with Crippen molar-refractivity contribution in [2.75, 3.05) is 4.90 Å². The standard InChI is InChI=1S/C58H37NOS/c1-2-11-41-35-46(23-22-38(41)10-1)45-15-8-14-44(36-45)43-13-7-12-42(34-43)39-24-29-48(30-25-39)59(54-19-9-18-52-51-17-4-6-21-57(51)61-58(52)54)49-31-26-40(27-32-49)47-28-33-56-53(37-47)50-16-3-5-20-55(50)60-56/h1-37H. The number of para-hydroxylation sites is 1. The van der Waals surface area contributed by atoms with Gasteiger partial charge in [-0.1, -0.05) is 152 Å². The minimum Gasteiger partial charge on any atom is -0.456 e. The third-order valence-electron chi connectivity index (χ3n) is 12.1. The molecule has 2 aromatic heterocycles. The van der Waals surface area contributed by atoms with E-state index in [9.17, 15) is 0 Å². The maximum absolute atomic E-state index is 6.14. The van der Waals surface area contributed by atoms with Crippen LogP contribution in [0.4, 0.5) is 17.1 Å². The van der Waals surface area contributed by atoms with Gasteiger partial charge in [0.2, 0.25) is 0 Å². The Balaban J connectivity index is 0.909. The Bertz CT molecular complexity index is 3590. The van der Waals surface area contributed by atoms with E-state index in [0.29, 0.717) is 0 Å². The largest absolute Gasteiger partial charge is 0.456 e. The molecule has 0 bridgehead atoms. The van der Waals surface area contributed by atoms with E-state index in [1.54, 1.807) is 0 Å². The lowest BCUT2D eigenvalue weighted by atomic mass is 9.95. The zero-order valence-electron chi connectivity index (χ0n) is 33.1. The van der Waals surface area contributed by atoms with E-state index in [-0.39, 0.29) is 0 Å². The van der Waals surface area contributed by atoms with Crippen LogP contribution in [0.25, 0.3) is 97.4 Å². The van der Waals surface area contributed by atoms with Gasteiger partial charge >= 0.3 is 0 Å². The summed E-state index contributed by atoms with van der Waals surface area (Å²) >= 11 is 1.86. The molecule has 2 nitrogen and oxygen atoms in total. The highest BCUT2D eigenvalue weighted by Gasteiger charge is 2.19. The van der Waals surface area contributed by atoms with Gasteiger partial charge < -0.3 is 9.32 Å². The lowest BCUT2D eigenvalue weighted by Crippen LogP contribution is -2.10. The van der Waals surface area contributed by atoms with Crippen molar-refractivity contribution < 1.29 is 4.42 Å². The van der Waals surface area contributed by atoms with Gasteiger partial charge in [-0.2, -0.15) is 0 Å². The number of anilines is 3. The summed E-state index contributed by atoms with van der Waals surface area (Å²) < 4.78 is 8.70. The van der Waals surface area contributed by atoms with Gasteiger partial charge in [0.05, 0.1) is 10.4 Å². The van der Waals surface area contributed by atoms with Crippen molar-refractivity contribution in [3.05, 3.63) is 224 Å². The topological polar surface area (TPSA) is 16.4 Å². The Kier molecular flexibility index (Phi) is 8.39. The number of benzene rings is 10. The molecule has 0 spiro atoms. The third-order valence-corrected chi connectivity index (χ3v) is 13.3. The molecule has 0 unspecified atom stereocenters. The summed E-state index contributed by atoms with van der Waals surface area (Å²) in [4.78, 5) is 2.41. The molecule has 2 heterocycles. The summed E-state index contributed by atoms with van der Waals surface area (Å²) in [5, 5.41) is 7.35. The van der Waals surface area contributed by atoms with E-state index >= 15 is 0 Å². The van der Waals surface area contributed by atoms with Crippen LogP contribution in [0.15, 0.2) is 229 Å². The molecule has 0 aliphatic carbocycles. The second kappa shape index (κ2) is 14.5. The molecule has 10 aromatic carbocycles. The molecule has 0 saturated heterocycles. The van der Waals surface area contributed by atoms with Crippen LogP contribution in [0.1, 0.15) is 0 Å². The number of nitrogens with zero attached hydrogens (tertiary/aromatic N) is 1. The lowest BCUT2D eigenvalue weighted by molar-refractivity contribution is 0.669. The molecule has 0 radical (unpaired) electrons. The minimum atomic E-state index is 0.908. The van der Waals surface area contributed by atoms with Crippen molar-refractivity contribution >= 4 is 81.3 Å². The number of rotatable bonds is 7. The molecule has 0 atom stereocenters. The van der Waals surface area contributed by atoms with Crippen LogP contribution >= 0.6 is 11.3 Å². The normalized spacial score (nSPS) is 11.6. The maximum Gasteiger partial charge on any atom is 0.135 e. The summed E-state index contributed by atoms with van der Waals surface area (Å²) in [6.45, 7) is 0. The molecule has 3 heteroatoms. The zero-order chi connectivity index (χ0) is 40.3. The van der Waals surface area contributed by atoms with E-state index in [2.05, 4.69) is 217 Å². The van der Waals surface area contributed by atoms with Gasteiger partial charge in [0.1, 0.15) is 11.2 Å². The molecule has 0 amide bonds. The van der Waals surface area contributed by atoms with Gasteiger partial charge in [0.25, 0.3) is 0 Å². The van der Waals surface area contributed by atoms with Gasteiger partial charge in [-0.15, -0.1) is 11.3 Å². The van der Waals surface area contributed by atoms with Gasteiger partial charge in [-0.3, -0.25) is 0 Å². The zero-order valence-corrected chi connectivity index (χ0v) is 33.9. The highest BCUT2D eigenvalue weighted by molar-refractivity contribution is 7.26. The van der Waals surface area contributed by atoms with E-state index in [1.165, 1.54) is 70.0 Å². The van der Waals surface area contributed by atoms with Gasteiger partial charge in [-0.05, 0) is 128 Å². The van der Waals surface area contributed by atoms with Crippen molar-refractivity contribution in [3.8, 4) is 44.5 Å². The Morgan fingerprint density at radius 3 is 1.54 bits per heavy atom. The molecule has 0 aliphatic heterocycles. The van der Waals surface area contributed by atoms with Crippen LogP contribution < -0.4 is 4.90 Å². The molecule has 12 aromatic rings. The second-order valence-electron chi connectivity index (χ2n) is 15.7. The molecule has 61 heavy (non-hydrogen) atoms. The number of furan rings is 1. The number of hydrogen-bond acceptors (Lipinski definition) is 3. The number of hydrogen-bond donors (Lipinski definition) is 0. The predicted molar refractivity (Wildman–Crippen MR) is 261 cm³/mol. The average Bonchev–Trinajstić information content (AvgIpc) is 3.91. The minimum absolute atomic E-state index is 0.908. The van der Waals surface area contributed by atoms with Crippen molar-refractivity contribution in [1.29, 1.82) is 0 Å². The molecule has 0 aliphatic rings. The summed E-state index contributed by atoms with van der Waals surface area (Å²) in [5.41, 5.74) is 14.7. The number of fused-ring (bicyclic) bond motifs is 7. The third kappa shape index (κ3) is 6.26. The first-order chi connectivity index (χ1) is 30.2. The van der Waals surface area contributed by atoms with Gasteiger partial charge in [0, 0.05) is 37.6 Å². The molecule has 0 N–H and O–H groups in total. The molecular weight excluding hydrogens is 759 g/mol. The average molecular weight is 796 g/mol. The Labute approximate surface area is 357 Å². The van der Waals surface area contributed by atoms with Crippen molar-refractivity contribution in [2.45, 2.75) is 0 Å². The fourth-order valence-corrected chi connectivity index (χ4v) is 10.2. The summed E-state index contributed by atoms with van der Waals surface area (Å²) in [6, 6.07) is 81.3. The van der Waals surface area contributed by atoms with Crippen LogP contribution in [0.2, 0.25) is 0 Å². The van der Waals surface area contributed by atoms with Crippen LogP contribution in [0.3, 0.4) is 0 Å². The van der Waals surface area contributed by atoms with E-state index in [0.717, 1.165) is 44.4 Å². The SMILES string of the molecule is c1cc(-c2ccc(N(c3ccc(-c4ccc5oc6ccccc6c5c4)cc3)c3cccc4c3sc3ccccc34)cc2)cc(-c2cccc(-c3ccc4ccccc4c3)c2)c1. The highest BCUT2D eigenvalue weighted by Crippen LogP contribution is 2.45. The molecular formula is C58H37NOS. The second-order valence-corrected chi connectivity index (χ2v) is 16.8. The van der Waals surface area contributed by atoms with Crippen LogP contribution in [0, 0.1) is 0 Å². The fourth-order valence-electron chi connectivity index (χ4n) is 8.97. The fraction of sp³-hybridized carbons (Fsp3) is 0. The van der Waals surface area contributed by atoms with Gasteiger partial charge in [-0.25, -0.2) is 0 Å². The summed E-state index contributed by atoms with van der Waals surface area (Å²) in [5.74, 6) is 0. The first-order valence-electron chi connectivity index (χ1n) is 20.7. The molecule has 0 fully saturated rings. The lowest BCUT2D eigenvalue weighted by Gasteiger charge is -2.26. The van der Waals surface area contributed by atoms with Gasteiger partial charge in [0.15, 0.2) is 0 Å². The van der Waals surface area contributed by atoms with Crippen LogP contribution in [-0.2, 0) is 0 Å². The summed E-state index contributed by atoms with van der Waals surface area (Å²) in [7, 11) is 0. The Morgan fingerprint density at radius 1 is 0.311 bits per heavy atom. The molecule has 0 saturated carbocycles. The van der Waals surface area contributed by atoms with Crippen LogP contribution in [-0.4, -0.2) is 0 Å². The first-order valence-corrected chi connectivity index (χ1v) is 21.5. The molecule has 12 rings (SSSR count). The van der Waals surface area contributed by atoms with Crippen molar-refractivity contribution in [2.24, 2.45) is 0 Å². The van der Waals surface area contributed by atoms with E-state index < -0.39 is 0 Å². The quantitative estimate of drug-likeness (QED) is 0.160. The van der Waals surface area contributed by atoms with E-state index in [1.807, 2.05) is 23.5 Å². The molecule has 286 valence electrons. The smallest absolute Gasteiger partial charge is 0.135 e. The Morgan fingerprint density at radius 2 is 0.820 bits per heavy atom. The number of thiophene rings is 1. The van der Waals surface area contributed by atoms with Crippen molar-refractivity contribution in [1.82, 2.24) is 0 Å². The van der Waals surface area contributed by atoms with Crippen molar-refractivity contribution in [3.63, 3.8) is 0 Å². The van der Waals surface area contributed by atoms with E-state index in [4.69, 9.17) is 4.42 Å². The monoisotopic (exact) mass is 795 g/mol. The van der Waals surface area contributed by atoms with Crippen LogP contribution in [0.5, 0.6) is 0 Å².